The number of aliphatic hydroxyl groups excluding tert-OH is 1. The van der Waals surface area contributed by atoms with Crippen LogP contribution < -0.4 is 0 Å². The Kier molecular flexibility index (Phi) is 2.83. The second-order valence-electron chi connectivity index (χ2n) is 2.82. The van der Waals surface area contributed by atoms with Gasteiger partial charge >= 0.3 is 0 Å². The summed E-state index contributed by atoms with van der Waals surface area (Å²) in [5, 5.41) is 18.0. The molecule has 72 valence electrons. The second kappa shape index (κ2) is 3.70. The average molecular weight is 188 g/mol. The van der Waals surface area contributed by atoms with Gasteiger partial charge in [-0.3, -0.25) is 0 Å². The largest absolute Gasteiger partial charge is 0.507 e. The Hall–Kier alpha value is -1.16. The molecule has 2 nitrogen and oxygen atoms in total. The summed E-state index contributed by atoms with van der Waals surface area (Å²) in [5.74, 6) is -0.511. The minimum absolute atomic E-state index is 0.135. The molecule has 2 N–H and O–H groups in total. The van der Waals surface area contributed by atoms with Crippen molar-refractivity contribution in [3.63, 3.8) is 0 Å². The Morgan fingerprint density at radius 3 is 2.46 bits per heavy atom. The third-order valence-corrected chi connectivity index (χ3v) is 1.77. The van der Waals surface area contributed by atoms with Crippen molar-refractivity contribution >= 4 is 0 Å². The minimum Gasteiger partial charge on any atom is -0.507 e. The van der Waals surface area contributed by atoms with Gasteiger partial charge in [0.25, 0.3) is 6.43 Å². The Balaban J connectivity index is 3.27. The summed E-state index contributed by atoms with van der Waals surface area (Å²) >= 11 is 0. The third kappa shape index (κ3) is 1.95. The van der Waals surface area contributed by atoms with Crippen LogP contribution in [0, 0.1) is 6.92 Å². The molecule has 0 unspecified atom stereocenters. The summed E-state index contributed by atoms with van der Waals surface area (Å²) < 4.78 is 24.6. The third-order valence-electron chi connectivity index (χ3n) is 1.77. The maximum Gasteiger partial charge on any atom is 0.267 e. The molecule has 0 saturated heterocycles. The first-order valence-corrected chi connectivity index (χ1v) is 3.77. The van der Waals surface area contributed by atoms with E-state index in [-0.39, 0.29) is 5.56 Å². The normalized spacial score (nSPS) is 10.8. The first-order valence-electron chi connectivity index (χ1n) is 3.77. The fourth-order valence-electron chi connectivity index (χ4n) is 1.17. The Morgan fingerprint density at radius 2 is 2.00 bits per heavy atom. The highest BCUT2D eigenvalue weighted by Gasteiger charge is 2.15. The quantitative estimate of drug-likeness (QED) is 0.746. The Labute approximate surface area is 74.4 Å². The zero-order chi connectivity index (χ0) is 10.0. The number of benzene rings is 1. The lowest BCUT2D eigenvalue weighted by molar-refractivity contribution is 0.146. The number of rotatable bonds is 2. The van der Waals surface area contributed by atoms with E-state index in [4.69, 9.17) is 5.11 Å². The molecule has 0 amide bonds. The van der Waals surface area contributed by atoms with Crippen LogP contribution in [0.1, 0.15) is 23.1 Å². The molecule has 4 heteroatoms. The van der Waals surface area contributed by atoms with Gasteiger partial charge in [0.15, 0.2) is 0 Å². The predicted octanol–water partition coefficient (Wildman–Crippen LogP) is 2.13. The van der Waals surface area contributed by atoms with Crippen molar-refractivity contribution in [3.8, 4) is 5.75 Å². The molecule has 0 aromatic heterocycles. The van der Waals surface area contributed by atoms with Gasteiger partial charge in [-0.2, -0.15) is 0 Å². The van der Waals surface area contributed by atoms with Crippen LogP contribution in [0.15, 0.2) is 12.1 Å². The van der Waals surface area contributed by atoms with Crippen LogP contribution in [0.3, 0.4) is 0 Å². The van der Waals surface area contributed by atoms with Crippen molar-refractivity contribution in [1.82, 2.24) is 0 Å². The second-order valence-corrected chi connectivity index (χ2v) is 2.82. The summed E-state index contributed by atoms with van der Waals surface area (Å²) in [6.07, 6.45) is -2.72. The van der Waals surface area contributed by atoms with Gasteiger partial charge in [-0.05, 0) is 13.0 Å². The summed E-state index contributed by atoms with van der Waals surface area (Å²) in [5.41, 5.74) is 0.302. The van der Waals surface area contributed by atoms with E-state index in [2.05, 4.69) is 0 Å². The van der Waals surface area contributed by atoms with Crippen molar-refractivity contribution in [2.24, 2.45) is 0 Å². The van der Waals surface area contributed by atoms with Gasteiger partial charge in [0.05, 0.1) is 12.2 Å². The lowest BCUT2D eigenvalue weighted by atomic mass is 10.1. The van der Waals surface area contributed by atoms with E-state index in [1.165, 1.54) is 12.1 Å². The number of alkyl halides is 2. The van der Waals surface area contributed by atoms with Gasteiger partial charge in [0.1, 0.15) is 5.75 Å². The number of aromatic hydroxyl groups is 1. The fourth-order valence-corrected chi connectivity index (χ4v) is 1.17. The van der Waals surface area contributed by atoms with Crippen LogP contribution in [-0.2, 0) is 6.61 Å². The van der Waals surface area contributed by atoms with Crippen LogP contribution >= 0.6 is 0 Å². The smallest absolute Gasteiger partial charge is 0.267 e. The van der Waals surface area contributed by atoms with Crippen molar-refractivity contribution in [3.05, 3.63) is 28.8 Å². The minimum atomic E-state index is -2.72. The van der Waals surface area contributed by atoms with Gasteiger partial charge in [-0.1, -0.05) is 11.6 Å². The van der Waals surface area contributed by atoms with Crippen LogP contribution in [0.5, 0.6) is 5.75 Å². The molecular formula is C9H10F2O2. The van der Waals surface area contributed by atoms with Crippen molar-refractivity contribution in [2.75, 3.05) is 0 Å². The molecule has 0 bridgehead atoms. The summed E-state index contributed by atoms with van der Waals surface area (Å²) in [6.45, 7) is 1.19. The Bertz CT molecular complexity index is 311. The molecule has 0 atom stereocenters. The molecule has 0 saturated carbocycles. The highest BCUT2D eigenvalue weighted by molar-refractivity contribution is 5.43. The lowest BCUT2D eigenvalue weighted by Crippen LogP contribution is -1.93. The monoisotopic (exact) mass is 188 g/mol. The van der Waals surface area contributed by atoms with E-state index in [1.54, 1.807) is 6.92 Å². The van der Waals surface area contributed by atoms with E-state index in [9.17, 15) is 13.9 Å². The van der Waals surface area contributed by atoms with Gasteiger partial charge in [-0.15, -0.1) is 0 Å². The summed E-state index contributed by atoms with van der Waals surface area (Å²) in [6, 6.07) is 2.68. The predicted molar refractivity (Wildman–Crippen MR) is 43.7 cm³/mol. The zero-order valence-corrected chi connectivity index (χ0v) is 7.09. The molecule has 0 heterocycles. The van der Waals surface area contributed by atoms with Crippen molar-refractivity contribution < 1.29 is 19.0 Å². The number of halogens is 2. The number of hydrogen-bond donors (Lipinski definition) is 2. The van der Waals surface area contributed by atoms with Crippen LogP contribution in [0.25, 0.3) is 0 Å². The molecule has 0 radical (unpaired) electrons. The van der Waals surface area contributed by atoms with E-state index >= 15 is 0 Å². The maximum atomic E-state index is 12.3. The number of aliphatic hydroxyl groups is 1. The Morgan fingerprint density at radius 1 is 1.38 bits per heavy atom. The lowest BCUT2D eigenvalue weighted by Gasteiger charge is -2.08. The summed E-state index contributed by atoms with van der Waals surface area (Å²) in [7, 11) is 0. The van der Waals surface area contributed by atoms with Crippen LogP contribution in [0.2, 0.25) is 0 Å². The maximum absolute atomic E-state index is 12.3. The van der Waals surface area contributed by atoms with Crippen LogP contribution in [0.4, 0.5) is 8.78 Å². The van der Waals surface area contributed by atoms with Crippen molar-refractivity contribution in [2.45, 2.75) is 20.0 Å². The highest BCUT2D eigenvalue weighted by atomic mass is 19.3. The fraction of sp³-hybridized carbons (Fsp3) is 0.333. The summed E-state index contributed by atoms with van der Waals surface area (Å²) in [4.78, 5) is 0. The topological polar surface area (TPSA) is 40.5 Å². The van der Waals surface area contributed by atoms with Gasteiger partial charge in [0.2, 0.25) is 0 Å². The molecule has 0 spiro atoms. The van der Waals surface area contributed by atoms with Crippen molar-refractivity contribution in [1.29, 1.82) is 0 Å². The molecule has 0 fully saturated rings. The molecular weight excluding hydrogens is 178 g/mol. The zero-order valence-electron chi connectivity index (χ0n) is 7.09. The number of hydrogen-bond acceptors (Lipinski definition) is 2. The van der Waals surface area contributed by atoms with E-state index in [0.717, 1.165) is 0 Å². The van der Waals surface area contributed by atoms with Gasteiger partial charge in [-0.25, -0.2) is 8.78 Å². The van der Waals surface area contributed by atoms with Crippen LogP contribution in [-0.4, -0.2) is 10.2 Å². The molecule has 1 aromatic rings. The first-order chi connectivity index (χ1) is 6.06. The number of phenols is 1. The molecule has 1 rings (SSSR count). The molecule has 0 aliphatic heterocycles. The first kappa shape index (κ1) is 9.92. The standard InChI is InChI=1S/C9H10F2O2/c1-5-2-6(4-12)8(13)7(3-5)9(10)11/h2-3,9,12-13H,4H2,1H3. The molecule has 13 heavy (non-hydrogen) atoms. The highest BCUT2D eigenvalue weighted by Crippen LogP contribution is 2.32. The van der Waals surface area contributed by atoms with E-state index < -0.39 is 24.3 Å². The van der Waals surface area contributed by atoms with E-state index in [1.807, 2.05) is 0 Å². The van der Waals surface area contributed by atoms with E-state index in [0.29, 0.717) is 5.56 Å². The van der Waals surface area contributed by atoms with Gasteiger partial charge < -0.3 is 10.2 Å². The SMILES string of the molecule is Cc1cc(CO)c(O)c(C(F)F)c1. The molecule has 0 aliphatic carbocycles. The molecule has 0 aliphatic rings. The molecule has 1 aromatic carbocycles. The number of aryl methyl sites for hydroxylation is 1. The average Bonchev–Trinajstić information content (AvgIpc) is 2.08. The van der Waals surface area contributed by atoms with Gasteiger partial charge in [0, 0.05) is 5.56 Å².